The molecule has 28 heavy (non-hydrogen) atoms. The third-order valence-corrected chi connectivity index (χ3v) is 6.99. The summed E-state index contributed by atoms with van der Waals surface area (Å²) in [6.07, 6.45) is 3.90. The van der Waals surface area contributed by atoms with Gasteiger partial charge in [0.15, 0.2) is 0 Å². The van der Waals surface area contributed by atoms with E-state index >= 15 is 0 Å². The summed E-state index contributed by atoms with van der Waals surface area (Å²) < 4.78 is 3.94. The number of hydrogen-bond acceptors (Lipinski definition) is 4. The fourth-order valence-electron chi connectivity index (χ4n) is 3.45. The van der Waals surface area contributed by atoms with Crippen molar-refractivity contribution in [2.24, 2.45) is 0 Å². The molecule has 4 heterocycles. The zero-order chi connectivity index (χ0) is 19.1. The van der Waals surface area contributed by atoms with E-state index in [1.807, 2.05) is 30.7 Å². The first-order valence-corrected chi connectivity index (χ1v) is 10.8. The predicted octanol–water partition coefficient (Wildman–Crippen LogP) is 7.52. The summed E-state index contributed by atoms with van der Waals surface area (Å²) in [6, 6.07) is 21.3. The van der Waals surface area contributed by atoms with Crippen molar-refractivity contribution < 1.29 is 0 Å². The minimum absolute atomic E-state index is 1.08. The van der Waals surface area contributed by atoms with Gasteiger partial charge in [-0.1, -0.05) is 36.4 Å². The molecule has 0 amide bonds. The van der Waals surface area contributed by atoms with Gasteiger partial charge < -0.3 is 0 Å². The van der Waals surface area contributed by atoms with E-state index in [1.165, 1.54) is 41.2 Å². The van der Waals surface area contributed by atoms with Gasteiger partial charge in [0, 0.05) is 49.0 Å². The Morgan fingerprint density at radius 1 is 0.607 bits per heavy atom. The van der Waals surface area contributed by atoms with Gasteiger partial charge in [0.25, 0.3) is 0 Å². The summed E-state index contributed by atoms with van der Waals surface area (Å²) in [4.78, 5) is 9.89. The molecule has 0 aliphatic rings. The molecule has 2 nitrogen and oxygen atoms in total. The summed E-state index contributed by atoms with van der Waals surface area (Å²) in [7, 11) is 0. The largest absolute Gasteiger partial charge is 0.260 e. The minimum atomic E-state index is 1.08. The van der Waals surface area contributed by atoms with Crippen LogP contribution in [-0.4, -0.2) is 9.97 Å². The molecule has 4 heteroatoms. The highest BCUT2D eigenvalue weighted by atomic mass is 32.1. The Balaban J connectivity index is 0.000000122. The van der Waals surface area contributed by atoms with Crippen molar-refractivity contribution >= 4 is 63.1 Å². The molecule has 0 radical (unpaired) electrons. The number of aromatic nitrogens is 2. The average molecular weight is 399 g/mol. The number of rotatable bonds is 0. The fourth-order valence-corrected chi connectivity index (χ4v) is 5.53. The van der Waals surface area contributed by atoms with E-state index in [2.05, 4.69) is 77.6 Å². The van der Waals surface area contributed by atoms with Gasteiger partial charge in [-0.2, -0.15) is 0 Å². The van der Waals surface area contributed by atoms with Crippen LogP contribution in [0.1, 0.15) is 11.3 Å². The maximum Gasteiger partial charge on any atom is 0.124 e. The summed E-state index contributed by atoms with van der Waals surface area (Å²) in [5, 5.41) is 5.28. The van der Waals surface area contributed by atoms with Crippen LogP contribution in [0.5, 0.6) is 0 Å². The van der Waals surface area contributed by atoms with Gasteiger partial charge in [-0.3, -0.25) is 4.98 Å². The predicted molar refractivity (Wildman–Crippen MR) is 124 cm³/mol. The third-order valence-electron chi connectivity index (χ3n) is 4.77. The highest BCUT2D eigenvalue weighted by molar-refractivity contribution is 7.26. The molecule has 0 spiro atoms. The molecule has 0 aliphatic heterocycles. The molecule has 136 valence electrons. The van der Waals surface area contributed by atoms with Gasteiger partial charge in [-0.25, -0.2) is 4.98 Å². The second-order valence-electron chi connectivity index (χ2n) is 6.88. The number of aryl methyl sites for hydroxylation is 2. The van der Waals surface area contributed by atoms with Gasteiger partial charge in [0.1, 0.15) is 4.83 Å². The minimum Gasteiger partial charge on any atom is -0.260 e. The Labute approximate surface area is 171 Å². The highest BCUT2D eigenvalue weighted by Crippen LogP contribution is 2.33. The molecule has 0 N–H and O–H groups in total. The van der Waals surface area contributed by atoms with E-state index in [9.17, 15) is 0 Å². The number of thiophene rings is 2. The molecule has 0 aliphatic carbocycles. The molecular weight excluding hydrogens is 380 g/mol. The van der Waals surface area contributed by atoms with Crippen molar-refractivity contribution in [2.45, 2.75) is 13.8 Å². The van der Waals surface area contributed by atoms with Crippen molar-refractivity contribution in [1.29, 1.82) is 0 Å². The van der Waals surface area contributed by atoms with Crippen LogP contribution in [-0.2, 0) is 0 Å². The lowest BCUT2D eigenvalue weighted by Gasteiger charge is -1.92. The van der Waals surface area contributed by atoms with Crippen LogP contribution in [0.3, 0.4) is 0 Å². The monoisotopic (exact) mass is 398 g/mol. The van der Waals surface area contributed by atoms with Gasteiger partial charge >= 0.3 is 0 Å². The van der Waals surface area contributed by atoms with Crippen LogP contribution < -0.4 is 0 Å². The molecule has 0 fully saturated rings. The normalized spacial score (nSPS) is 11.2. The van der Waals surface area contributed by atoms with Crippen LogP contribution >= 0.6 is 22.7 Å². The van der Waals surface area contributed by atoms with E-state index in [-0.39, 0.29) is 0 Å². The van der Waals surface area contributed by atoms with Gasteiger partial charge in [0.05, 0.1) is 4.70 Å². The second kappa shape index (κ2) is 6.97. The van der Waals surface area contributed by atoms with Gasteiger partial charge in [-0.05, 0) is 43.7 Å². The summed E-state index contributed by atoms with van der Waals surface area (Å²) in [6.45, 7) is 4.12. The zero-order valence-electron chi connectivity index (χ0n) is 15.6. The summed E-state index contributed by atoms with van der Waals surface area (Å²) in [5.41, 5.74) is 2.31. The number of pyridine rings is 2. The highest BCUT2D eigenvalue weighted by Gasteiger charge is 2.05. The van der Waals surface area contributed by atoms with Gasteiger partial charge in [0.2, 0.25) is 0 Å². The molecule has 0 bridgehead atoms. The number of nitrogens with zero attached hydrogens (tertiary/aromatic N) is 2. The van der Waals surface area contributed by atoms with Gasteiger partial charge in [-0.15, -0.1) is 22.7 Å². The topological polar surface area (TPSA) is 25.8 Å². The van der Waals surface area contributed by atoms with Crippen molar-refractivity contribution in [1.82, 2.24) is 9.97 Å². The number of benzene rings is 2. The standard InChI is InChI=1S/2C12H9NS/c1-8-6-10-9-4-2-3-5-11(9)14-12(10)7-13-8;1-8-6-10-9-4-2-3-5-11(9)14-12(10)13-7-8/h2*2-7H,1H3. The lowest BCUT2D eigenvalue weighted by Crippen LogP contribution is -1.76. The van der Waals surface area contributed by atoms with E-state index in [4.69, 9.17) is 0 Å². The molecule has 6 rings (SSSR count). The third kappa shape index (κ3) is 3.05. The maximum atomic E-state index is 4.44. The lowest BCUT2D eigenvalue weighted by atomic mass is 10.2. The van der Waals surface area contributed by atoms with E-state index in [1.54, 1.807) is 11.3 Å². The fraction of sp³-hybridized carbons (Fsp3) is 0.0833. The first kappa shape index (κ1) is 17.3. The molecule has 0 unspecified atom stereocenters. The molecule has 2 aromatic carbocycles. The smallest absolute Gasteiger partial charge is 0.124 e. The zero-order valence-corrected chi connectivity index (χ0v) is 17.3. The van der Waals surface area contributed by atoms with Crippen LogP contribution in [0.25, 0.3) is 40.5 Å². The van der Waals surface area contributed by atoms with E-state index in [0.29, 0.717) is 0 Å². The molecule has 6 aromatic rings. The van der Waals surface area contributed by atoms with Crippen LogP contribution in [0.2, 0.25) is 0 Å². The molecule has 0 saturated carbocycles. The van der Waals surface area contributed by atoms with Crippen LogP contribution in [0, 0.1) is 13.8 Å². The maximum absolute atomic E-state index is 4.44. The second-order valence-corrected chi connectivity index (χ2v) is 9.00. The van der Waals surface area contributed by atoms with Crippen molar-refractivity contribution in [3.63, 3.8) is 0 Å². The molecular formula is C24H18N2S2. The SMILES string of the molecule is Cc1cc2c(cn1)sc1ccccc12.Cc1cnc2sc3ccccc3c2c1. The Kier molecular flexibility index (Phi) is 4.30. The molecule has 0 atom stereocenters. The van der Waals surface area contributed by atoms with Crippen molar-refractivity contribution in [2.75, 3.05) is 0 Å². The van der Waals surface area contributed by atoms with Crippen LogP contribution in [0.4, 0.5) is 0 Å². The summed E-state index contributed by atoms with van der Waals surface area (Å²) >= 11 is 3.57. The quantitative estimate of drug-likeness (QED) is 0.264. The molecule has 0 saturated heterocycles. The Hall–Kier alpha value is -2.82. The number of fused-ring (bicyclic) bond motifs is 6. The lowest BCUT2D eigenvalue weighted by molar-refractivity contribution is 1.23. The van der Waals surface area contributed by atoms with Crippen molar-refractivity contribution in [3.8, 4) is 0 Å². The number of hydrogen-bond donors (Lipinski definition) is 0. The average Bonchev–Trinajstić information content (AvgIpc) is 3.26. The van der Waals surface area contributed by atoms with Crippen molar-refractivity contribution in [3.05, 3.63) is 84.3 Å². The Morgan fingerprint density at radius 2 is 1.29 bits per heavy atom. The summed E-state index contributed by atoms with van der Waals surface area (Å²) in [5.74, 6) is 0. The molecule has 4 aromatic heterocycles. The van der Waals surface area contributed by atoms with E-state index < -0.39 is 0 Å². The first-order valence-electron chi connectivity index (χ1n) is 9.17. The first-order chi connectivity index (χ1) is 13.7. The Bertz CT molecular complexity index is 1330. The Morgan fingerprint density at radius 3 is 2.07 bits per heavy atom. The van der Waals surface area contributed by atoms with Crippen LogP contribution in [0.15, 0.2) is 73.1 Å². The van der Waals surface area contributed by atoms with E-state index in [0.717, 1.165) is 10.5 Å².